The molecule has 0 radical (unpaired) electrons. The third kappa shape index (κ3) is 4.50. The molecular weight excluding hydrogens is 241 g/mol. The first kappa shape index (κ1) is 14.1. The number of hydrogen-bond donors (Lipinski definition) is 2. The minimum absolute atomic E-state index is 0.0222. The van der Waals surface area contributed by atoms with Crippen molar-refractivity contribution in [2.24, 2.45) is 0 Å². The average molecular weight is 255 g/mol. The molecule has 2 N–H and O–H groups in total. The van der Waals surface area contributed by atoms with Gasteiger partial charge in [0.2, 0.25) is 5.91 Å². The highest BCUT2D eigenvalue weighted by Crippen LogP contribution is 2.04. The Balaban J connectivity index is 2.41. The topological polar surface area (TPSA) is 75.6 Å². The van der Waals surface area contributed by atoms with Gasteiger partial charge in [0, 0.05) is 0 Å². The normalized spacial score (nSPS) is 11.7. The molecule has 0 saturated heterocycles. The smallest absolute Gasteiger partial charge is 0.336 e. The quantitative estimate of drug-likeness (QED) is 0.727. The van der Waals surface area contributed by atoms with Gasteiger partial charge in [0.05, 0.1) is 20.1 Å². The van der Waals surface area contributed by atoms with E-state index in [0.29, 0.717) is 5.56 Å². The van der Waals surface area contributed by atoms with Crippen LogP contribution in [0.15, 0.2) is 24.3 Å². The predicted molar refractivity (Wildman–Crippen MR) is 61.1 cm³/mol. The largest absolute Gasteiger partial charge is 0.467 e. The van der Waals surface area contributed by atoms with E-state index in [1.807, 2.05) is 0 Å². The van der Waals surface area contributed by atoms with E-state index >= 15 is 0 Å². The van der Waals surface area contributed by atoms with Gasteiger partial charge in [-0.1, -0.05) is 12.1 Å². The van der Waals surface area contributed by atoms with Gasteiger partial charge in [0.25, 0.3) is 0 Å². The van der Waals surface area contributed by atoms with Crippen molar-refractivity contribution in [1.29, 1.82) is 0 Å². The standard InChI is InChI=1S/C12H14FNO4/c1-18-12(17)10(15)7-14-11(16)6-8-3-2-4-9(13)5-8/h2-5,10,15H,6-7H2,1H3,(H,14,16). The predicted octanol–water partition coefficient (Wildman–Crippen LogP) is 0.0183. The number of carbonyl (C=O) groups excluding carboxylic acids is 2. The fourth-order valence-electron chi connectivity index (χ4n) is 1.32. The first-order valence-corrected chi connectivity index (χ1v) is 5.30. The van der Waals surface area contributed by atoms with Gasteiger partial charge in [-0.3, -0.25) is 4.79 Å². The van der Waals surface area contributed by atoms with Gasteiger partial charge in [-0.2, -0.15) is 0 Å². The number of esters is 1. The summed E-state index contributed by atoms with van der Waals surface area (Å²) < 4.78 is 17.1. The summed E-state index contributed by atoms with van der Waals surface area (Å²) in [4.78, 5) is 22.3. The Morgan fingerprint density at radius 1 is 1.50 bits per heavy atom. The zero-order valence-electron chi connectivity index (χ0n) is 9.85. The Morgan fingerprint density at radius 3 is 2.83 bits per heavy atom. The van der Waals surface area contributed by atoms with Crippen molar-refractivity contribution in [2.75, 3.05) is 13.7 Å². The zero-order chi connectivity index (χ0) is 13.5. The maximum atomic E-state index is 12.9. The van der Waals surface area contributed by atoms with Crippen molar-refractivity contribution >= 4 is 11.9 Å². The van der Waals surface area contributed by atoms with Gasteiger partial charge in [0.15, 0.2) is 6.10 Å². The summed E-state index contributed by atoms with van der Waals surface area (Å²) in [7, 11) is 1.14. The molecule has 0 aromatic heterocycles. The van der Waals surface area contributed by atoms with Crippen molar-refractivity contribution in [3.63, 3.8) is 0 Å². The Hall–Kier alpha value is -1.95. The number of amides is 1. The minimum atomic E-state index is -1.40. The molecule has 0 bridgehead atoms. The van der Waals surface area contributed by atoms with E-state index in [0.717, 1.165) is 7.11 Å². The number of methoxy groups -OCH3 is 1. The molecule has 0 spiro atoms. The van der Waals surface area contributed by atoms with Crippen molar-refractivity contribution < 1.29 is 23.8 Å². The third-order valence-electron chi connectivity index (χ3n) is 2.22. The van der Waals surface area contributed by atoms with E-state index in [-0.39, 0.29) is 13.0 Å². The highest BCUT2D eigenvalue weighted by Gasteiger charge is 2.16. The molecule has 1 aromatic carbocycles. The summed E-state index contributed by atoms with van der Waals surface area (Å²) in [5.74, 6) is -1.65. The van der Waals surface area contributed by atoms with Crippen LogP contribution in [-0.2, 0) is 20.7 Å². The van der Waals surface area contributed by atoms with Crippen LogP contribution < -0.4 is 5.32 Å². The molecule has 98 valence electrons. The fraction of sp³-hybridized carbons (Fsp3) is 0.333. The summed E-state index contributed by atoms with van der Waals surface area (Å²) >= 11 is 0. The van der Waals surface area contributed by atoms with Crippen LogP contribution in [0.1, 0.15) is 5.56 Å². The number of ether oxygens (including phenoxy) is 1. The average Bonchev–Trinajstić information content (AvgIpc) is 2.35. The lowest BCUT2D eigenvalue weighted by molar-refractivity contribution is -0.150. The van der Waals surface area contributed by atoms with Gasteiger partial charge in [0.1, 0.15) is 5.82 Å². The molecule has 6 heteroatoms. The number of aliphatic hydroxyl groups is 1. The minimum Gasteiger partial charge on any atom is -0.467 e. The van der Waals surface area contributed by atoms with Gasteiger partial charge in [-0.05, 0) is 17.7 Å². The van der Waals surface area contributed by atoms with Crippen LogP contribution in [0.5, 0.6) is 0 Å². The lowest BCUT2D eigenvalue weighted by Crippen LogP contribution is -2.37. The lowest BCUT2D eigenvalue weighted by atomic mass is 10.1. The van der Waals surface area contributed by atoms with Crippen molar-refractivity contribution in [2.45, 2.75) is 12.5 Å². The second kappa shape index (κ2) is 6.70. The van der Waals surface area contributed by atoms with Gasteiger partial charge in [-0.25, -0.2) is 9.18 Å². The lowest BCUT2D eigenvalue weighted by Gasteiger charge is -2.09. The second-order valence-corrected chi connectivity index (χ2v) is 3.65. The van der Waals surface area contributed by atoms with Crippen LogP contribution in [0, 0.1) is 5.82 Å². The molecule has 1 aromatic rings. The van der Waals surface area contributed by atoms with E-state index in [4.69, 9.17) is 0 Å². The van der Waals surface area contributed by atoms with Gasteiger partial charge < -0.3 is 15.2 Å². The number of rotatable bonds is 5. The third-order valence-corrected chi connectivity index (χ3v) is 2.22. The van der Waals surface area contributed by atoms with E-state index in [2.05, 4.69) is 10.1 Å². The molecule has 0 aliphatic rings. The highest BCUT2D eigenvalue weighted by atomic mass is 19.1. The monoisotopic (exact) mass is 255 g/mol. The first-order chi connectivity index (χ1) is 8.52. The van der Waals surface area contributed by atoms with Gasteiger partial charge in [-0.15, -0.1) is 0 Å². The Labute approximate surface area is 104 Å². The van der Waals surface area contributed by atoms with Crippen molar-refractivity contribution in [1.82, 2.24) is 5.32 Å². The number of benzene rings is 1. The summed E-state index contributed by atoms with van der Waals surface area (Å²) in [6.45, 7) is -0.235. The van der Waals surface area contributed by atoms with Crippen LogP contribution in [-0.4, -0.2) is 36.7 Å². The summed E-state index contributed by atoms with van der Waals surface area (Å²) in [6.07, 6.45) is -1.42. The molecular formula is C12H14FNO4. The molecule has 0 heterocycles. The Morgan fingerprint density at radius 2 is 2.22 bits per heavy atom. The summed E-state index contributed by atoms with van der Waals surface area (Å²) in [6, 6.07) is 5.64. The second-order valence-electron chi connectivity index (χ2n) is 3.65. The molecule has 0 aliphatic carbocycles. The maximum Gasteiger partial charge on any atom is 0.336 e. The molecule has 0 aliphatic heterocycles. The summed E-state index contributed by atoms with van der Waals surface area (Å²) in [5, 5.41) is 11.6. The summed E-state index contributed by atoms with van der Waals surface area (Å²) in [5.41, 5.74) is 0.514. The number of aliphatic hydroxyl groups excluding tert-OH is 1. The molecule has 0 saturated carbocycles. The Bertz CT molecular complexity index is 436. The van der Waals surface area contributed by atoms with Crippen LogP contribution in [0.4, 0.5) is 4.39 Å². The fourth-order valence-corrected chi connectivity index (χ4v) is 1.32. The Kier molecular flexibility index (Phi) is 5.26. The van der Waals surface area contributed by atoms with E-state index in [1.165, 1.54) is 18.2 Å². The molecule has 5 nitrogen and oxygen atoms in total. The molecule has 1 unspecified atom stereocenters. The van der Waals surface area contributed by atoms with E-state index in [1.54, 1.807) is 6.07 Å². The molecule has 1 rings (SSSR count). The number of hydrogen-bond acceptors (Lipinski definition) is 4. The zero-order valence-corrected chi connectivity index (χ0v) is 9.85. The number of halogens is 1. The number of carbonyl (C=O) groups is 2. The molecule has 1 amide bonds. The van der Waals surface area contributed by atoms with Crippen LogP contribution in [0.3, 0.4) is 0 Å². The molecule has 1 atom stereocenters. The first-order valence-electron chi connectivity index (χ1n) is 5.30. The SMILES string of the molecule is COC(=O)C(O)CNC(=O)Cc1cccc(F)c1. The highest BCUT2D eigenvalue weighted by molar-refractivity contribution is 5.80. The van der Waals surface area contributed by atoms with Gasteiger partial charge >= 0.3 is 5.97 Å². The molecule has 18 heavy (non-hydrogen) atoms. The maximum absolute atomic E-state index is 12.9. The van der Waals surface area contributed by atoms with Crippen molar-refractivity contribution in [3.05, 3.63) is 35.6 Å². The van der Waals surface area contributed by atoms with E-state index in [9.17, 15) is 19.1 Å². The van der Waals surface area contributed by atoms with Crippen LogP contribution in [0.25, 0.3) is 0 Å². The van der Waals surface area contributed by atoms with E-state index < -0.39 is 23.8 Å². The van der Waals surface area contributed by atoms with Crippen LogP contribution in [0.2, 0.25) is 0 Å². The van der Waals surface area contributed by atoms with Crippen LogP contribution >= 0.6 is 0 Å². The van der Waals surface area contributed by atoms with Crippen molar-refractivity contribution in [3.8, 4) is 0 Å². The number of nitrogens with one attached hydrogen (secondary N) is 1. The molecule has 0 fully saturated rings.